The van der Waals surface area contributed by atoms with Crippen LogP contribution in [0.3, 0.4) is 0 Å². The largest absolute Gasteiger partial charge is 0.305 e. The number of aryl methyl sites for hydroxylation is 1. The Kier molecular flexibility index (Phi) is 6.78. The van der Waals surface area contributed by atoms with Crippen molar-refractivity contribution < 1.29 is 0 Å². The highest BCUT2D eigenvalue weighted by atomic mass is 14.4. The van der Waals surface area contributed by atoms with Crippen LogP contribution in [0.25, 0.3) is 5.57 Å². The standard InChI is InChI=1S/C21H27N/c1-7-9-19(16(5)8-2)20-12-11-18(14-17(20)6)21(22)13-10-15(3)4/h7-9,11-12,14,22H,2-3,10,13H2,1,4-6H3/b9-7-,19-16+,22-21?. The lowest BCUT2D eigenvalue weighted by molar-refractivity contribution is 1.01. The van der Waals surface area contributed by atoms with Gasteiger partial charge < -0.3 is 5.41 Å². The van der Waals surface area contributed by atoms with Gasteiger partial charge in [0.1, 0.15) is 0 Å². The molecular formula is C21H27N. The molecule has 0 spiro atoms. The van der Waals surface area contributed by atoms with Crippen LogP contribution in [0.15, 0.2) is 60.7 Å². The van der Waals surface area contributed by atoms with E-state index in [2.05, 4.69) is 45.2 Å². The van der Waals surface area contributed by atoms with Crippen molar-refractivity contribution in [3.63, 3.8) is 0 Å². The normalized spacial score (nSPS) is 12.2. The number of hydrogen-bond donors (Lipinski definition) is 1. The summed E-state index contributed by atoms with van der Waals surface area (Å²) in [4.78, 5) is 0. The van der Waals surface area contributed by atoms with E-state index in [0.717, 1.165) is 29.6 Å². The van der Waals surface area contributed by atoms with Gasteiger partial charge in [-0.3, -0.25) is 0 Å². The van der Waals surface area contributed by atoms with Crippen LogP contribution in [-0.2, 0) is 0 Å². The van der Waals surface area contributed by atoms with Crippen molar-refractivity contribution in [3.05, 3.63) is 77.4 Å². The van der Waals surface area contributed by atoms with E-state index >= 15 is 0 Å². The Balaban J connectivity index is 3.15. The van der Waals surface area contributed by atoms with E-state index in [4.69, 9.17) is 5.41 Å². The number of benzene rings is 1. The van der Waals surface area contributed by atoms with Gasteiger partial charge in [0.15, 0.2) is 0 Å². The number of rotatable bonds is 7. The molecule has 0 fully saturated rings. The number of allylic oxidation sites excluding steroid dienone is 6. The summed E-state index contributed by atoms with van der Waals surface area (Å²) in [6.45, 7) is 16.0. The Morgan fingerprint density at radius 2 is 1.91 bits per heavy atom. The van der Waals surface area contributed by atoms with Gasteiger partial charge in [-0.05, 0) is 74.4 Å². The first-order valence-corrected chi connectivity index (χ1v) is 7.69. The maximum Gasteiger partial charge on any atom is 0.0389 e. The first-order chi connectivity index (χ1) is 10.4. The maximum atomic E-state index is 8.22. The highest BCUT2D eigenvalue weighted by molar-refractivity contribution is 5.99. The average molecular weight is 293 g/mol. The third-order valence-electron chi connectivity index (χ3n) is 3.73. The molecule has 0 radical (unpaired) electrons. The zero-order valence-electron chi connectivity index (χ0n) is 14.3. The van der Waals surface area contributed by atoms with Crippen LogP contribution in [0.2, 0.25) is 0 Å². The fourth-order valence-electron chi connectivity index (χ4n) is 2.35. The van der Waals surface area contributed by atoms with Crippen LogP contribution in [0, 0.1) is 12.3 Å². The molecule has 22 heavy (non-hydrogen) atoms. The molecule has 0 unspecified atom stereocenters. The van der Waals surface area contributed by atoms with E-state index < -0.39 is 0 Å². The lowest BCUT2D eigenvalue weighted by Crippen LogP contribution is -2.01. The molecule has 0 bridgehead atoms. The van der Waals surface area contributed by atoms with Gasteiger partial charge in [-0.25, -0.2) is 0 Å². The minimum atomic E-state index is 0.676. The SMILES string of the molecule is C=C/C(C)=C(\C=C/C)c1ccc(C(=N)CCC(=C)C)cc1C. The lowest BCUT2D eigenvalue weighted by atomic mass is 9.92. The molecule has 1 rings (SSSR count). The highest BCUT2D eigenvalue weighted by Gasteiger charge is 2.08. The minimum Gasteiger partial charge on any atom is -0.305 e. The predicted octanol–water partition coefficient (Wildman–Crippen LogP) is 6.25. The van der Waals surface area contributed by atoms with Crippen LogP contribution < -0.4 is 0 Å². The van der Waals surface area contributed by atoms with Crippen molar-refractivity contribution in [2.75, 3.05) is 0 Å². The Bertz CT molecular complexity index is 642. The van der Waals surface area contributed by atoms with Crippen LogP contribution in [0.1, 0.15) is 50.3 Å². The molecule has 1 nitrogen and oxygen atoms in total. The predicted molar refractivity (Wildman–Crippen MR) is 99.7 cm³/mol. The fraction of sp³-hybridized carbons (Fsp3) is 0.286. The molecular weight excluding hydrogens is 266 g/mol. The van der Waals surface area contributed by atoms with Gasteiger partial charge in [-0.15, -0.1) is 6.58 Å². The Morgan fingerprint density at radius 1 is 1.23 bits per heavy atom. The summed E-state index contributed by atoms with van der Waals surface area (Å²) in [5.41, 5.74) is 7.53. The van der Waals surface area contributed by atoms with E-state index in [1.807, 2.05) is 32.1 Å². The molecule has 0 saturated heterocycles. The first kappa shape index (κ1) is 17.9. The summed E-state index contributed by atoms with van der Waals surface area (Å²) in [6.07, 6.45) is 7.67. The van der Waals surface area contributed by atoms with Gasteiger partial charge in [0.25, 0.3) is 0 Å². The second-order valence-electron chi connectivity index (χ2n) is 5.77. The lowest BCUT2D eigenvalue weighted by Gasteiger charge is -2.12. The summed E-state index contributed by atoms with van der Waals surface area (Å²) >= 11 is 0. The van der Waals surface area contributed by atoms with Crippen molar-refractivity contribution in [2.24, 2.45) is 0 Å². The summed E-state index contributed by atoms with van der Waals surface area (Å²) in [7, 11) is 0. The van der Waals surface area contributed by atoms with Gasteiger partial charge in [-0.2, -0.15) is 0 Å². The molecule has 0 aliphatic heterocycles. The summed E-state index contributed by atoms with van der Waals surface area (Å²) in [6, 6.07) is 6.27. The molecule has 1 aromatic rings. The molecule has 1 N–H and O–H groups in total. The van der Waals surface area contributed by atoms with Gasteiger partial charge in [0, 0.05) is 5.71 Å². The summed E-state index contributed by atoms with van der Waals surface area (Å²) < 4.78 is 0. The van der Waals surface area contributed by atoms with Gasteiger partial charge in [0.2, 0.25) is 0 Å². The third-order valence-corrected chi connectivity index (χ3v) is 3.73. The summed E-state index contributed by atoms with van der Waals surface area (Å²) in [5, 5.41) is 8.22. The van der Waals surface area contributed by atoms with E-state index in [-0.39, 0.29) is 0 Å². The highest BCUT2D eigenvalue weighted by Crippen LogP contribution is 2.25. The van der Waals surface area contributed by atoms with Gasteiger partial charge in [-0.1, -0.05) is 42.5 Å². The molecule has 0 saturated carbocycles. The zero-order valence-corrected chi connectivity index (χ0v) is 14.3. The van der Waals surface area contributed by atoms with E-state index in [1.54, 1.807) is 0 Å². The van der Waals surface area contributed by atoms with Gasteiger partial charge in [0.05, 0.1) is 0 Å². The van der Waals surface area contributed by atoms with E-state index in [1.165, 1.54) is 16.7 Å². The smallest absolute Gasteiger partial charge is 0.0389 e. The monoisotopic (exact) mass is 293 g/mol. The average Bonchev–Trinajstić information content (AvgIpc) is 2.49. The van der Waals surface area contributed by atoms with Crippen LogP contribution in [-0.4, -0.2) is 5.71 Å². The number of nitrogens with one attached hydrogen (secondary N) is 1. The Hall–Kier alpha value is -2.15. The van der Waals surface area contributed by atoms with E-state index in [9.17, 15) is 0 Å². The first-order valence-electron chi connectivity index (χ1n) is 7.69. The molecule has 0 aromatic heterocycles. The van der Waals surface area contributed by atoms with Crippen molar-refractivity contribution in [1.29, 1.82) is 5.41 Å². The molecule has 0 amide bonds. The number of hydrogen-bond acceptors (Lipinski definition) is 1. The van der Waals surface area contributed by atoms with Crippen molar-refractivity contribution >= 4 is 11.3 Å². The Morgan fingerprint density at radius 3 is 2.41 bits per heavy atom. The van der Waals surface area contributed by atoms with Crippen LogP contribution in [0.4, 0.5) is 0 Å². The maximum absolute atomic E-state index is 8.22. The Labute approximate surface area is 135 Å². The molecule has 116 valence electrons. The van der Waals surface area contributed by atoms with Gasteiger partial charge >= 0.3 is 0 Å². The quantitative estimate of drug-likeness (QED) is 0.349. The topological polar surface area (TPSA) is 23.9 Å². The summed E-state index contributed by atoms with van der Waals surface area (Å²) in [5.74, 6) is 0. The fourth-order valence-corrected chi connectivity index (χ4v) is 2.35. The molecule has 1 heteroatoms. The molecule has 0 heterocycles. The molecule has 1 aromatic carbocycles. The van der Waals surface area contributed by atoms with Crippen molar-refractivity contribution in [1.82, 2.24) is 0 Å². The third kappa shape index (κ3) is 4.70. The second kappa shape index (κ2) is 8.33. The van der Waals surface area contributed by atoms with E-state index in [0.29, 0.717) is 5.71 Å². The van der Waals surface area contributed by atoms with Crippen LogP contribution in [0.5, 0.6) is 0 Å². The zero-order chi connectivity index (χ0) is 16.7. The van der Waals surface area contributed by atoms with Crippen molar-refractivity contribution in [3.8, 4) is 0 Å². The second-order valence-corrected chi connectivity index (χ2v) is 5.77. The minimum absolute atomic E-state index is 0.676. The molecule has 0 aliphatic rings. The van der Waals surface area contributed by atoms with Crippen molar-refractivity contribution in [2.45, 2.75) is 40.5 Å². The molecule has 0 aliphatic carbocycles. The molecule has 0 atom stereocenters. The van der Waals surface area contributed by atoms with Crippen LogP contribution >= 0.6 is 0 Å².